The molecule has 0 unspecified atom stereocenters. The predicted octanol–water partition coefficient (Wildman–Crippen LogP) is 3.75. The van der Waals surface area contributed by atoms with Gasteiger partial charge in [0.25, 0.3) is 5.69 Å². The Balaban J connectivity index is 2.39. The first kappa shape index (κ1) is 12.8. The molecule has 102 valence electrons. The maximum Gasteiger partial charge on any atom is 0.270 e. The van der Waals surface area contributed by atoms with Crippen LogP contribution in [-0.4, -0.2) is 9.91 Å². The van der Waals surface area contributed by atoms with Crippen LogP contribution in [0.5, 0.6) is 0 Å². The number of rotatable bonds is 2. The summed E-state index contributed by atoms with van der Waals surface area (Å²) in [5, 5.41) is 20.6. The molecule has 3 rings (SSSR count). The Kier molecular flexibility index (Phi) is 2.88. The molecule has 0 bridgehead atoms. The lowest BCUT2D eigenvalue weighted by Gasteiger charge is -2.02. The van der Waals surface area contributed by atoms with Crippen molar-refractivity contribution in [1.29, 1.82) is 5.26 Å². The van der Waals surface area contributed by atoms with Gasteiger partial charge in [0.05, 0.1) is 4.92 Å². The first-order valence-electron chi connectivity index (χ1n) is 6.07. The molecule has 0 atom stereocenters. The fourth-order valence-electron chi connectivity index (χ4n) is 2.32. The molecule has 1 heterocycles. The van der Waals surface area contributed by atoms with E-state index in [0.29, 0.717) is 16.5 Å². The van der Waals surface area contributed by atoms with Crippen molar-refractivity contribution in [3.8, 4) is 17.2 Å². The summed E-state index contributed by atoms with van der Waals surface area (Å²) in [4.78, 5) is 13.2. The van der Waals surface area contributed by atoms with Crippen molar-refractivity contribution in [2.75, 3.05) is 0 Å². The van der Waals surface area contributed by atoms with Crippen LogP contribution >= 0.6 is 0 Å². The molecule has 6 heteroatoms. The van der Waals surface area contributed by atoms with Gasteiger partial charge in [-0.15, -0.1) is 0 Å². The number of non-ortho nitro benzene ring substituents is 1. The third-order valence-corrected chi connectivity index (χ3v) is 3.25. The number of fused-ring (bicyclic) bond motifs is 1. The normalized spacial score (nSPS) is 10.5. The number of halogens is 1. The van der Waals surface area contributed by atoms with Gasteiger partial charge in [0.1, 0.15) is 17.6 Å². The molecule has 2 aromatic carbocycles. The molecule has 1 N–H and O–H groups in total. The first-order chi connectivity index (χ1) is 10.1. The molecule has 0 saturated heterocycles. The van der Waals surface area contributed by atoms with Crippen molar-refractivity contribution in [3.63, 3.8) is 0 Å². The Morgan fingerprint density at radius 1 is 1.24 bits per heavy atom. The van der Waals surface area contributed by atoms with Crippen LogP contribution in [0.2, 0.25) is 0 Å². The number of nitro benzene ring substituents is 1. The van der Waals surface area contributed by atoms with Crippen LogP contribution in [0, 0.1) is 27.3 Å². The van der Waals surface area contributed by atoms with Gasteiger partial charge in [-0.05, 0) is 12.1 Å². The second-order valence-electron chi connectivity index (χ2n) is 4.45. The monoisotopic (exact) mass is 281 g/mol. The summed E-state index contributed by atoms with van der Waals surface area (Å²) >= 11 is 0. The maximum atomic E-state index is 14.0. The number of aromatic amines is 1. The molecular weight excluding hydrogens is 273 g/mol. The molecule has 0 fully saturated rings. The second-order valence-corrected chi connectivity index (χ2v) is 4.45. The van der Waals surface area contributed by atoms with E-state index in [1.807, 2.05) is 6.07 Å². The number of nitrogens with zero attached hydrogens (tertiary/aromatic N) is 2. The summed E-state index contributed by atoms with van der Waals surface area (Å²) in [6, 6.07) is 12.2. The van der Waals surface area contributed by atoms with E-state index in [4.69, 9.17) is 0 Å². The molecule has 0 aliphatic rings. The Hall–Kier alpha value is -3.20. The molecule has 0 spiro atoms. The lowest BCUT2D eigenvalue weighted by atomic mass is 10.0. The molecule has 0 aliphatic heterocycles. The summed E-state index contributed by atoms with van der Waals surface area (Å²) in [5.74, 6) is -0.485. The third kappa shape index (κ3) is 2.01. The number of hydrogen-bond donors (Lipinski definition) is 1. The fourth-order valence-corrected chi connectivity index (χ4v) is 2.32. The van der Waals surface area contributed by atoms with E-state index in [9.17, 15) is 19.8 Å². The number of hydrogen-bond acceptors (Lipinski definition) is 3. The lowest BCUT2D eigenvalue weighted by Crippen LogP contribution is -1.88. The number of H-pyrrole nitrogens is 1. The minimum atomic E-state index is -0.524. The zero-order valence-corrected chi connectivity index (χ0v) is 10.6. The molecule has 0 radical (unpaired) electrons. The van der Waals surface area contributed by atoms with Crippen LogP contribution in [0.25, 0.3) is 22.0 Å². The highest BCUT2D eigenvalue weighted by atomic mass is 19.1. The smallest absolute Gasteiger partial charge is 0.270 e. The van der Waals surface area contributed by atoms with Crippen molar-refractivity contribution >= 4 is 16.6 Å². The molecular formula is C15H8FN3O2. The van der Waals surface area contributed by atoms with Crippen molar-refractivity contribution in [1.82, 2.24) is 4.98 Å². The highest BCUT2D eigenvalue weighted by molar-refractivity contribution is 5.99. The van der Waals surface area contributed by atoms with Crippen LogP contribution in [-0.2, 0) is 0 Å². The van der Waals surface area contributed by atoms with E-state index in [2.05, 4.69) is 4.98 Å². The molecule has 1 aromatic heterocycles. The molecule has 0 amide bonds. The highest BCUT2D eigenvalue weighted by Crippen LogP contribution is 2.35. The van der Waals surface area contributed by atoms with Gasteiger partial charge in [-0.25, -0.2) is 4.39 Å². The van der Waals surface area contributed by atoms with Crippen molar-refractivity contribution in [3.05, 3.63) is 64.1 Å². The van der Waals surface area contributed by atoms with Gasteiger partial charge in [0, 0.05) is 34.2 Å². The SMILES string of the molecule is N#Cc1[nH]c2ccc([N+](=O)[O-])cc2c1-c1ccccc1F. The quantitative estimate of drug-likeness (QED) is 0.573. The number of nitriles is 1. The van der Waals surface area contributed by atoms with Crippen LogP contribution in [0.15, 0.2) is 42.5 Å². The third-order valence-electron chi connectivity index (χ3n) is 3.25. The highest BCUT2D eigenvalue weighted by Gasteiger charge is 2.18. The average Bonchev–Trinajstić information content (AvgIpc) is 2.85. The number of nitro groups is 1. The number of benzene rings is 2. The molecule has 5 nitrogen and oxygen atoms in total. The predicted molar refractivity (Wildman–Crippen MR) is 75.1 cm³/mol. The maximum absolute atomic E-state index is 14.0. The Labute approximate surface area is 118 Å². The molecule has 21 heavy (non-hydrogen) atoms. The summed E-state index contributed by atoms with van der Waals surface area (Å²) in [7, 11) is 0. The summed E-state index contributed by atoms with van der Waals surface area (Å²) in [5.41, 5.74) is 1.20. The summed E-state index contributed by atoms with van der Waals surface area (Å²) < 4.78 is 14.0. The van der Waals surface area contributed by atoms with Crippen molar-refractivity contribution in [2.24, 2.45) is 0 Å². The van der Waals surface area contributed by atoms with Gasteiger partial charge in [0.15, 0.2) is 0 Å². The minimum Gasteiger partial charge on any atom is -0.346 e. The number of nitrogens with one attached hydrogen (secondary N) is 1. The van der Waals surface area contributed by atoms with Crippen molar-refractivity contribution < 1.29 is 9.31 Å². The zero-order valence-electron chi connectivity index (χ0n) is 10.6. The van der Waals surface area contributed by atoms with Crippen LogP contribution < -0.4 is 0 Å². The van der Waals surface area contributed by atoms with E-state index in [-0.39, 0.29) is 16.9 Å². The lowest BCUT2D eigenvalue weighted by molar-refractivity contribution is -0.384. The Morgan fingerprint density at radius 3 is 2.67 bits per heavy atom. The van der Waals surface area contributed by atoms with E-state index in [1.54, 1.807) is 12.1 Å². The standard InChI is InChI=1S/C15H8FN3O2/c16-12-4-2-1-3-10(12)15-11-7-9(19(20)21)5-6-13(11)18-14(15)8-17/h1-7,18H. The van der Waals surface area contributed by atoms with E-state index < -0.39 is 10.7 Å². The van der Waals surface area contributed by atoms with Crippen LogP contribution in [0.3, 0.4) is 0 Å². The zero-order chi connectivity index (χ0) is 15.0. The van der Waals surface area contributed by atoms with E-state index in [0.717, 1.165) is 0 Å². The summed E-state index contributed by atoms with van der Waals surface area (Å²) in [6.45, 7) is 0. The van der Waals surface area contributed by atoms with E-state index in [1.165, 1.54) is 30.3 Å². The van der Waals surface area contributed by atoms with Crippen LogP contribution in [0.4, 0.5) is 10.1 Å². The van der Waals surface area contributed by atoms with Crippen molar-refractivity contribution in [2.45, 2.75) is 0 Å². The molecule has 0 saturated carbocycles. The second kappa shape index (κ2) is 4.72. The van der Waals surface area contributed by atoms with Gasteiger partial charge >= 0.3 is 0 Å². The number of aromatic nitrogens is 1. The Morgan fingerprint density at radius 2 is 2.00 bits per heavy atom. The summed E-state index contributed by atoms with van der Waals surface area (Å²) in [6.07, 6.45) is 0. The van der Waals surface area contributed by atoms with Gasteiger partial charge < -0.3 is 4.98 Å². The van der Waals surface area contributed by atoms with Gasteiger partial charge in [-0.3, -0.25) is 10.1 Å². The van der Waals surface area contributed by atoms with Gasteiger partial charge in [-0.1, -0.05) is 18.2 Å². The van der Waals surface area contributed by atoms with Gasteiger partial charge in [0.2, 0.25) is 0 Å². The largest absolute Gasteiger partial charge is 0.346 e. The molecule has 0 aliphatic carbocycles. The van der Waals surface area contributed by atoms with Gasteiger partial charge in [-0.2, -0.15) is 5.26 Å². The van der Waals surface area contributed by atoms with Crippen LogP contribution in [0.1, 0.15) is 5.69 Å². The first-order valence-corrected chi connectivity index (χ1v) is 6.07. The average molecular weight is 281 g/mol. The fraction of sp³-hybridized carbons (Fsp3) is 0. The topological polar surface area (TPSA) is 82.7 Å². The minimum absolute atomic E-state index is 0.108. The Bertz CT molecular complexity index is 909. The van der Waals surface area contributed by atoms with E-state index >= 15 is 0 Å². The molecule has 3 aromatic rings.